The van der Waals surface area contributed by atoms with Gasteiger partial charge in [-0.3, -0.25) is 14.9 Å². The standard InChI is InChI=1S/C17H22FN3/c1-13(2)21(12-17-14(3)19-9-10-20-17)11-8-15-4-6-16(18)7-5-15/h4-7,9-10,13H,8,11-12H2,1-3H3. The van der Waals surface area contributed by atoms with Crippen LogP contribution in [0.15, 0.2) is 36.7 Å². The van der Waals surface area contributed by atoms with Crippen molar-refractivity contribution in [3.8, 4) is 0 Å². The molecule has 0 bridgehead atoms. The van der Waals surface area contributed by atoms with Crippen molar-refractivity contribution in [3.63, 3.8) is 0 Å². The van der Waals surface area contributed by atoms with E-state index in [2.05, 4.69) is 28.7 Å². The Morgan fingerprint density at radius 1 is 1.10 bits per heavy atom. The molecule has 0 saturated carbocycles. The van der Waals surface area contributed by atoms with Gasteiger partial charge in [0, 0.05) is 31.5 Å². The second-order valence-corrected chi connectivity index (χ2v) is 5.53. The Morgan fingerprint density at radius 2 is 1.76 bits per heavy atom. The van der Waals surface area contributed by atoms with Crippen LogP contribution in [0.3, 0.4) is 0 Å². The number of nitrogens with zero attached hydrogens (tertiary/aromatic N) is 3. The molecule has 0 unspecified atom stereocenters. The second-order valence-electron chi connectivity index (χ2n) is 5.53. The van der Waals surface area contributed by atoms with Crippen LogP contribution in [0.2, 0.25) is 0 Å². The quantitative estimate of drug-likeness (QED) is 0.815. The zero-order chi connectivity index (χ0) is 15.2. The van der Waals surface area contributed by atoms with Crippen LogP contribution in [0.25, 0.3) is 0 Å². The summed E-state index contributed by atoms with van der Waals surface area (Å²) in [6.45, 7) is 8.05. The van der Waals surface area contributed by atoms with Gasteiger partial charge in [-0.15, -0.1) is 0 Å². The lowest BCUT2D eigenvalue weighted by Gasteiger charge is -2.26. The van der Waals surface area contributed by atoms with Crippen LogP contribution < -0.4 is 0 Å². The Morgan fingerprint density at radius 3 is 2.38 bits per heavy atom. The molecular formula is C17H22FN3. The van der Waals surface area contributed by atoms with Gasteiger partial charge in [-0.1, -0.05) is 12.1 Å². The molecule has 0 amide bonds. The van der Waals surface area contributed by atoms with Gasteiger partial charge in [0.2, 0.25) is 0 Å². The lowest BCUT2D eigenvalue weighted by atomic mass is 10.1. The van der Waals surface area contributed by atoms with Gasteiger partial charge in [-0.2, -0.15) is 0 Å². The van der Waals surface area contributed by atoms with Crippen LogP contribution in [-0.4, -0.2) is 27.5 Å². The molecule has 0 fully saturated rings. The van der Waals surface area contributed by atoms with E-state index in [1.807, 2.05) is 19.1 Å². The van der Waals surface area contributed by atoms with Crippen molar-refractivity contribution in [3.05, 3.63) is 59.4 Å². The third kappa shape index (κ3) is 4.60. The second kappa shape index (κ2) is 7.27. The molecule has 0 N–H and O–H groups in total. The Balaban J connectivity index is 1.99. The predicted molar refractivity (Wildman–Crippen MR) is 82.4 cm³/mol. The van der Waals surface area contributed by atoms with Gasteiger partial charge < -0.3 is 0 Å². The Bertz CT molecular complexity index is 567. The maximum Gasteiger partial charge on any atom is 0.123 e. The van der Waals surface area contributed by atoms with Crippen LogP contribution in [0.5, 0.6) is 0 Å². The van der Waals surface area contributed by atoms with Crippen LogP contribution in [0, 0.1) is 12.7 Å². The molecule has 1 heterocycles. The zero-order valence-electron chi connectivity index (χ0n) is 12.9. The third-order valence-electron chi connectivity index (χ3n) is 3.67. The van der Waals surface area contributed by atoms with E-state index in [-0.39, 0.29) is 5.82 Å². The van der Waals surface area contributed by atoms with Crippen molar-refractivity contribution >= 4 is 0 Å². The van der Waals surface area contributed by atoms with Gasteiger partial charge in [-0.25, -0.2) is 4.39 Å². The third-order valence-corrected chi connectivity index (χ3v) is 3.67. The Hall–Kier alpha value is -1.81. The molecule has 21 heavy (non-hydrogen) atoms. The van der Waals surface area contributed by atoms with Crippen molar-refractivity contribution < 1.29 is 4.39 Å². The SMILES string of the molecule is Cc1nccnc1CN(CCc1ccc(F)cc1)C(C)C. The molecule has 0 aliphatic carbocycles. The Kier molecular flexibility index (Phi) is 5.39. The van der Waals surface area contributed by atoms with Gasteiger partial charge in [0.25, 0.3) is 0 Å². The predicted octanol–water partition coefficient (Wildman–Crippen LogP) is 3.38. The summed E-state index contributed by atoms with van der Waals surface area (Å²) >= 11 is 0. The highest BCUT2D eigenvalue weighted by atomic mass is 19.1. The molecule has 2 rings (SSSR count). The molecule has 0 atom stereocenters. The largest absolute Gasteiger partial charge is 0.295 e. The van der Waals surface area contributed by atoms with Crippen molar-refractivity contribution in [2.24, 2.45) is 0 Å². The van der Waals surface area contributed by atoms with Gasteiger partial charge >= 0.3 is 0 Å². The van der Waals surface area contributed by atoms with E-state index in [1.165, 1.54) is 12.1 Å². The number of halogens is 1. The molecule has 0 aliphatic rings. The van der Waals surface area contributed by atoms with E-state index in [0.717, 1.165) is 36.5 Å². The first-order valence-corrected chi connectivity index (χ1v) is 7.31. The fourth-order valence-electron chi connectivity index (χ4n) is 2.23. The molecule has 0 aliphatic heterocycles. The van der Waals surface area contributed by atoms with E-state index in [4.69, 9.17) is 0 Å². The number of hydrogen-bond acceptors (Lipinski definition) is 3. The summed E-state index contributed by atoms with van der Waals surface area (Å²) in [4.78, 5) is 11.1. The molecule has 1 aromatic carbocycles. The van der Waals surface area contributed by atoms with Gasteiger partial charge in [0.15, 0.2) is 0 Å². The van der Waals surface area contributed by atoms with Crippen LogP contribution in [-0.2, 0) is 13.0 Å². The number of rotatable bonds is 6. The van der Waals surface area contributed by atoms with Gasteiger partial charge in [0.05, 0.1) is 11.4 Å². The lowest BCUT2D eigenvalue weighted by Crippen LogP contribution is -2.33. The van der Waals surface area contributed by atoms with Crippen molar-refractivity contribution in [2.75, 3.05) is 6.54 Å². The van der Waals surface area contributed by atoms with E-state index in [0.29, 0.717) is 6.04 Å². The highest BCUT2D eigenvalue weighted by Gasteiger charge is 2.12. The average molecular weight is 287 g/mol. The summed E-state index contributed by atoms with van der Waals surface area (Å²) in [5, 5.41) is 0. The van der Waals surface area contributed by atoms with Gasteiger partial charge in [-0.05, 0) is 44.9 Å². The molecule has 0 saturated heterocycles. The summed E-state index contributed by atoms with van der Waals surface area (Å²) in [7, 11) is 0. The highest BCUT2D eigenvalue weighted by Crippen LogP contribution is 2.11. The first-order valence-electron chi connectivity index (χ1n) is 7.31. The zero-order valence-corrected chi connectivity index (χ0v) is 12.9. The topological polar surface area (TPSA) is 29.0 Å². The van der Waals surface area contributed by atoms with E-state index in [9.17, 15) is 4.39 Å². The maximum atomic E-state index is 12.9. The minimum absolute atomic E-state index is 0.186. The van der Waals surface area contributed by atoms with Crippen LogP contribution in [0.4, 0.5) is 4.39 Å². The fraction of sp³-hybridized carbons (Fsp3) is 0.412. The molecule has 0 radical (unpaired) electrons. The molecule has 3 nitrogen and oxygen atoms in total. The minimum Gasteiger partial charge on any atom is -0.295 e. The van der Waals surface area contributed by atoms with E-state index < -0.39 is 0 Å². The summed E-state index contributed by atoms with van der Waals surface area (Å²) in [5.74, 6) is -0.186. The summed E-state index contributed by atoms with van der Waals surface area (Å²) in [5.41, 5.74) is 3.15. The summed E-state index contributed by atoms with van der Waals surface area (Å²) < 4.78 is 12.9. The molecule has 4 heteroatoms. The Labute approximate surface area is 125 Å². The van der Waals surface area contributed by atoms with Gasteiger partial charge in [0.1, 0.15) is 5.82 Å². The van der Waals surface area contributed by atoms with Crippen LogP contribution >= 0.6 is 0 Å². The monoisotopic (exact) mass is 287 g/mol. The summed E-state index contributed by atoms with van der Waals surface area (Å²) in [6, 6.07) is 7.15. The number of aryl methyl sites for hydroxylation is 1. The first-order chi connectivity index (χ1) is 10.1. The summed E-state index contributed by atoms with van der Waals surface area (Å²) in [6.07, 6.45) is 4.36. The smallest absolute Gasteiger partial charge is 0.123 e. The van der Waals surface area contributed by atoms with E-state index in [1.54, 1.807) is 12.4 Å². The normalized spacial score (nSPS) is 11.3. The van der Waals surface area contributed by atoms with Crippen molar-refractivity contribution in [1.82, 2.24) is 14.9 Å². The highest BCUT2D eigenvalue weighted by molar-refractivity contribution is 5.16. The average Bonchev–Trinajstić information content (AvgIpc) is 2.46. The number of benzene rings is 1. The van der Waals surface area contributed by atoms with Crippen molar-refractivity contribution in [2.45, 2.75) is 39.8 Å². The number of hydrogen-bond donors (Lipinski definition) is 0. The van der Waals surface area contributed by atoms with Crippen LogP contribution in [0.1, 0.15) is 30.8 Å². The molecule has 1 aromatic heterocycles. The van der Waals surface area contributed by atoms with Crippen molar-refractivity contribution in [1.29, 1.82) is 0 Å². The maximum absolute atomic E-state index is 12.9. The lowest BCUT2D eigenvalue weighted by molar-refractivity contribution is 0.212. The number of aromatic nitrogens is 2. The molecular weight excluding hydrogens is 265 g/mol. The molecule has 112 valence electrons. The fourth-order valence-corrected chi connectivity index (χ4v) is 2.23. The molecule has 2 aromatic rings. The first kappa shape index (κ1) is 15.6. The van der Waals surface area contributed by atoms with E-state index >= 15 is 0 Å². The minimum atomic E-state index is -0.186. The molecule has 0 spiro atoms.